The molecule has 50 heavy (non-hydrogen) atoms. The van der Waals surface area contributed by atoms with Gasteiger partial charge in [-0.1, -0.05) is 75.9 Å². The van der Waals surface area contributed by atoms with Crippen LogP contribution in [0.5, 0.6) is 0 Å². The van der Waals surface area contributed by atoms with Gasteiger partial charge in [0, 0.05) is 10.8 Å². The molecule has 2 fully saturated rings. The molecule has 0 amide bonds. The van der Waals surface area contributed by atoms with Gasteiger partial charge in [0.15, 0.2) is 0 Å². The van der Waals surface area contributed by atoms with Crippen LogP contribution in [0, 0.1) is 23.3 Å². The fourth-order valence-electron chi connectivity index (χ4n) is 6.89. The predicted octanol–water partition coefficient (Wildman–Crippen LogP) is 10.4. The van der Waals surface area contributed by atoms with Crippen molar-refractivity contribution < 1.29 is 54.1 Å². The minimum Gasteiger partial charge on any atom is -0.370 e. The molecule has 0 aromatic heterocycles. The largest absolute Gasteiger partial charge is 0.389 e. The monoisotopic (exact) mass is 710 g/mol. The van der Waals surface area contributed by atoms with E-state index in [0.29, 0.717) is 12.8 Å². The Kier molecular flexibility index (Phi) is 10.7. The quantitative estimate of drug-likeness (QED) is 0.0965. The van der Waals surface area contributed by atoms with Crippen molar-refractivity contribution in [3.05, 3.63) is 94.1 Å². The summed E-state index contributed by atoms with van der Waals surface area (Å²) < 4.78 is 143. The van der Waals surface area contributed by atoms with Gasteiger partial charge in [-0.25, -0.2) is 17.6 Å². The summed E-state index contributed by atoms with van der Waals surface area (Å²) in [5, 5.41) is -0.218. The molecular weight excluding hydrogens is 672 g/mol. The van der Waals surface area contributed by atoms with Crippen LogP contribution in [-0.2, 0) is 44.0 Å². The van der Waals surface area contributed by atoms with Crippen LogP contribution in [0.2, 0.25) is 0 Å². The lowest BCUT2D eigenvalue weighted by atomic mass is 9.99. The summed E-state index contributed by atoms with van der Waals surface area (Å²) in [5.74, 6) is -6.05. The first kappa shape index (κ1) is 36.5. The molecule has 2 saturated heterocycles. The van der Waals surface area contributed by atoms with Gasteiger partial charge in [0.1, 0.15) is 58.8 Å². The highest BCUT2D eigenvalue weighted by atomic mass is 19.3. The van der Waals surface area contributed by atoms with Crippen molar-refractivity contribution in [1.29, 1.82) is 0 Å². The van der Waals surface area contributed by atoms with Gasteiger partial charge in [-0.15, -0.1) is 0 Å². The summed E-state index contributed by atoms with van der Waals surface area (Å²) in [6.45, 7) is 2.84. The number of rotatable bonds is 14. The zero-order chi connectivity index (χ0) is 35.8. The van der Waals surface area contributed by atoms with Crippen molar-refractivity contribution in [3.63, 3.8) is 0 Å². The fourth-order valence-corrected chi connectivity index (χ4v) is 6.89. The molecule has 2 heterocycles. The second kappa shape index (κ2) is 14.7. The number of halogens is 8. The summed E-state index contributed by atoms with van der Waals surface area (Å²) >= 11 is 0. The molecule has 4 aromatic rings. The fraction of sp³-hybridized carbons (Fsp3) is 0.474. The van der Waals surface area contributed by atoms with E-state index in [1.165, 1.54) is 12.1 Å². The molecule has 0 unspecified atom stereocenters. The summed E-state index contributed by atoms with van der Waals surface area (Å²) in [6.07, 6.45) is -8.14. The molecule has 0 saturated carbocycles. The highest BCUT2D eigenvalue weighted by molar-refractivity contribution is 5.85. The minimum atomic E-state index is -4.51. The van der Waals surface area contributed by atoms with Crippen LogP contribution in [0.25, 0.3) is 21.5 Å². The summed E-state index contributed by atoms with van der Waals surface area (Å²) in [7, 11) is 0. The van der Waals surface area contributed by atoms with Crippen molar-refractivity contribution in [3.8, 4) is 0 Å². The van der Waals surface area contributed by atoms with Crippen LogP contribution in [0.4, 0.5) is 35.1 Å². The van der Waals surface area contributed by atoms with Gasteiger partial charge in [0.25, 0.3) is 0 Å². The first-order valence-corrected chi connectivity index (χ1v) is 17.0. The number of alkyl halides is 4. The summed E-state index contributed by atoms with van der Waals surface area (Å²) in [6, 6.07) is 10.6. The van der Waals surface area contributed by atoms with Crippen LogP contribution < -0.4 is 0 Å². The Balaban J connectivity index is 1.16. The molecule has 6 rings (SSSR count). The third kappa shape index (κ3) is 7.22. The van der Waals surface area contributed by atoms with Gasteiger partial charge in [0.2, 0.25) is 0 Å². The molecule has 270 valence electrons. The standard InChI is InChI=1S/C38H38F8O4/c1-3-5-7-9-21-11-13-25-23(15-21)17-27(39)31(33(25)41)37(43,44)49-29-19-47-36-30(20-48-35(29)36)50-38(45,46)32-28(40)18-24-16-22(10-8-6-4-2)12-14-26(24)34(32)42/h11-18,29-30,35-36H,3-10,19-20H2,1-2H3/t29-,30+,35-,36-/m0/s1. The van der Waals surface area contributed by atoms with E-state index in [4.69, 9.17) is 18.9 Å². The Bertz CT molecular complexity index is 1710. The van der Waals surface area contributed by atoms with Gasteiger partial charge in [-0.2, -0.15) is 17.6 Å². The van der Waals surface area contributed by atoms with Crippen LogP contribution in [0.1, 0.15) is 74.6 Å². The Labute approximate surface area is 284 Å². The highest BCUT2D eigenvalue weighted by Gasteiger charge is 2.56. The molecule has 0 bridgehead atoms. The number of hydrogen-bond acceptors (Lipinski definition) is 4. The lowest BCUT2D eigenvalue weighted by molar-refractivity contribution is -0.289. The maximum absolute atomic E-state index is 15.5. The lowest BCUT2D eigenvalue weighted by Gasteiger charge is -2.25. The topological polar surface area (TPSA) is 36.9 Å². The smallest absolute Gasteiger partial charge is 0.370 e. The van der Waals surface area contributed by atoms with Crippen molar-refractivity contribution >= 4 is 21.5 Å². The molecule has 0 spiro atoms. The van der Waals surface area contributed by atoms with Gasteiger partial charge in [-0.05, 0) is 59.7 Å². The predicted molar refractivity (Wildman–Crippen MR) is 171 cm³/mol. The second-order valence-corrected chi connectivity index (χ2v) is 13.1. The Hall–Kier alpha value is -3.32. The van der Waals surface area contributed by atoms with E-state index in [0.717, 1.165) is 61.8 Å². The molecule has 4 aromatic carbocycles. The lowest BCUT2D eigenvalue weighted by Crippen LogP contribution is -2.39. The maximum Gasteiger partial charge on any atom is 0.389 e. The molecule has 0 radical (unpaired) electrons. The molecule has 0 N–H and O–H groups in total. The van der Waals surface area contributed by atoms with Crippen LogP contribution in [0.3, 0.4) is 0 Å². The molecule has 4 atom stereocenters. The Morgan fingerprint density at radius 1 is 0.600 bits per heavy atom. The summed E-state index contributed by atoms with van der Waals surface area (Å²) in [5.41, 5.74) is -1.60. The van der Waals surface area contributed by atoms with Crippen molar-refractivity contribution in [2.24, 2.45) is 0 Å². The molecule has 2 aliphatic rings. The third-order valence-corrected chi connectivity index (χ3v) is 9.47. The molecular formula is C38H38F8O4. The van der Waals surface area contributed by atoms with E-state index in [9.17, 15) is 0 Å². The van der Waals surface area contributed by atoms with Gasteiger partial charge >= 0.3 is 12.2 Å². The van der Waals surface area contributed by atoms with Crippen LogP contribution in [0.15, 0.2) is 48.5 Å². The first-order valence-electron chi connectivity index (χ1n) is 17.0. The van der Waals surface area contributed by atoms with E-state index in [-0.39, 0.29) is 21.5 Å². The molecule has 2 aliphatic heterocycles. The van der Waals surface area contributed by atoms with Crippen molar-refractivity contribution in [2.45, 2.75) is 102 Å². The van der Waals surface area contributed by atoms with Gasteiger partial charge in [-0.3, -0.25) is 0 Å². The SMILES string of the molecule is CCCCCc1ccc2c(F)c(C(F)(F)O[C@H]3CO[C@@H]4[C@H]3OC[C@H]4OC(F)(F)c3c(F)cc4cc(CCCCC)ccc4c3F)c(F)cc2c1. The molecule has 12 heteroatoms. The number of aryl methyl sites for hydroxylation is 2. The number of benzene rings is 4. The Morgan fingerprint density at radius 2 is 1.00 bits per heavy atom. The van der Waals surface area contributed by atoms with Crippen LogP contribution in [-0.4, -0.2) is 37.6 Å². The maximum atomic E-state index is 15.5. The third-order valence-electron chi connectivity index (χ3n) is 9.47. The number of unbranched alkanes of at least 4 members (excludes halogenated alkanes) is 4. The number of hydrogen-bond donors (Lipinski definition) is 0. The normalized spacial score (nSPS) is 21.1. The van der Waals surface area contributed by atoms with E-state index in [2.05, 4.69) is 0 Å². The van der Waals surface area contributed by atoms with E-state index < -0.39 is 84.2 Å². The second-order valence-electron chi connectivity index (χ2n) is 13.1. The first-order chi connectivity index (χ1) is 23.8. The average Bonchev–Trinajstić information content (AvgIpc) is 3.63. The van der Waals surface area contributed by atoms with Gasteiger partial charge < -0.3 is 18.9 Å². The zero-order valence-corrected chi connectivity index (χ0v) is 27.7. The van der Waals surface area contributed by atoms with E-state index in [1.54, 1.807) is 24.3 Å². The Morgan fingerprint density at radius 3 is 1.38 bits per heavy atom. The highest BCUT2D eigenvalue weighted by Crippen LogP contribution is 2.44. The zero-order valence-electron chi connectivity index (χ0n) is 27.7. The van der Waals surface area contributed by atoms with E-state index in [1.807, 2.05) is 13.8 Å². The van der Waals surface area contributed by atoms with E-state index >= 15 is 35.1 Å². The van der Waals surface area contributed by atoms with Crippen molar-refractivity contribution in [1.82, 2.24) is 0 Å². The molecule has 0 aliphatic carbocycles. The number of ether oxygens (including phenoxy) is 4. The van der Waals surface area contributed by atoms with Crippen LogP contribution >= 0.6 is 0 Å². The van der Waals surface area contributed by atoms with Crippen molar-refractivity contribution in [2.75, 3.05) is 13.2 Å². The number of fused-ring (bicyclic) bond motifs is 3. The minimum absolute atomic E-state index is 0.115. The summed E-state index contributed by atoms with van der Waals surface area (Å²) in [4.78, 5) is 0. The molecule has 4 nitrogen and oxygen atoms in total. The average molecular weight is 711 g/mol. The van der Waals surface area contributed by atoms with Gasteiger partial charge in [0.05, 0.1) is 13.2 Å².